The van der Waals surface area contributed by atoms with Crippen LogP contribution in [0, 0.1) is 5.82 Å². The van der Waals surface area contributed by atoms with Gasteiger partial charge in [-0.15, -0.1) is 0 Å². The maximum Gasteiger partial charge on any atom is 0.123 e. The second kappa shape index (κ2) is 5.81. The Labute approximate surface area is 141 Å². The van der Waals surface area contributed by atoms with Gasteiger partial charge in [0, 0.05) is 6.42 Å². The van der Waals surface area contributed by atoms with E-state index in [9.17, 15) is 4.39 Å². The third-order valence-electron chi connectivity index (χ3n) is 4.02. The summed E-state index contributed by atoms with van der Waals surface area (Å²) in [7, 11) is 0. The van der Waals surface area contributed by atoms with E-state index in [0.29, 0.717) is 6.61 Å². The SMILES string of the molecule is Fc1ccc(COc2ccc3c(c2)CCc2ncc(Br)n2-3)cc1. The van der Waals surface area contributed by atoms with Crippen molar-refractivity contribution in [3.05, 3.63) is 76.0 Å². The standard InChI is InChI=1S/C18H14BrFN2O/c19-17-10-21-18-8-3-13-9-15(6-7-16(13)22(17)18)23-11-12-1-4-14(20)5-2-12/h1-2,4-7,9-10H,3,8,11H2. The number of rotatable bonds is 3. The number of ether oxygens (including phenoxy) is 1. The fourth-order valence-electron chi connectivity index (χ4n) is 2.86. The molecule has 2 aromatic carbocycles. The highest BCUT2D eigenvalue weighted by molar-refractivity contribution is 9.10. The van der Waals surface area contributed by atoms with Gasteiger partial charge in [0.2, 0.25) is 0 Å². The smallest absolute Gasteiger partial charge is 0.123 e. The minimum atomic E-state index is -0.232. The van der Waals surface area contributed by atoms with E-state index < -0.39 is 0 Å². The summed E-state index contributed by atoms with van der Waals surface area (Å²) >= 11 is 3.55. The summed E-state index contributed by atoms with van der Waals surface area (Å²) in [4.78, 5) is 4.41. The number of benzene rings is 2. The topological polar surface area (TPSA) is 27.1 Å². The van der Waals surface area contributed by atoms with E-state index in [2.05, 4.69) is 37.6 Å². The van der Waals surface area contributed by atoms with Gasteiger partial charge in [0.15, 0.2) is 0 Å². The Bertz CT molecular complexity index is 858. The molecule has 0 amide bonds. The fourth-order valence-corrected chi connectivity index (χ4v) is 3.36. The summed E-state index contributed by atoms with van der Waals surface area (Å²) in [6.45, 7) is 0.430. The highest BCUT2D eigenvalue weighted by Gasteiger charge is 2.19. The molecule has 0 fully saturated rings. The van der Waals surface area contributed by atoms with Crippen LogP contribution in [0.1, 0.15) is 17.0 Å². The van der Waals surface area contributed by atoms with Gasteiger partial charge in [-0.3, -0.25) is 4.57 Å². The molecule has 0 aliphatic carbocycles. The third kappa shape index (κ3) is 2.77. The van der Waals surface area contributed by atoms with Gasteiger partial charge in [0.1, 0.15) is 28.6 Å². The molecule has 1 aliphatic heterocycles. The van der Waals surface area contributed by atoms with E-state index in [1.165, 1.54) is 17.7 Å². The first-order chi connectivity index (χ1) is 11.2. The van der Waals surface area contributed by atoms with Crippen LogP contribution in [0.15, 0.2) is 53.3 Å². The van der Waals surface area contributed by atoms with Crippen LogP contribution in [0.25, 0.3) is 5.69 Å². The minimum absolute atomic E-state index is 0.232. The number of hydrogen-bond acceptors (Lipinski definition) is 2. The van der Waals surface area contributed by atoms with Gasteiger partial charge >= 0.3 is 0 Å². The van der Waals surface area contributed by atoms with Gasteiger partial charge in [-0.25, -0.2) is 9.37 Å². The predicted molar refractivity (Wildman–Crippen MR) is 89.4 cm³/mol. The van der Waals surface area contributed by atoms with Crippen molar-refractivity contribution in [1.29, 1.82) is 0 Å². The molecule has 0 spiro atoms. The van der Waals surface area contributed by atoms with Crippen LogP contribution in [0.3, 0.4) is 0 Å². The second-order valence-corrected chi connectivity index (χ2v) is 6.35. The molecule has 5 heteroatoms. The van der Waals surface area contributed by atoms with Crippen LogP contribution < -0.4 is 4.74 Å². The monoisotopic (exact) mass is 372 g/mol. The van der Waals surface area contributed by atoms with Crippen molar-refractivity contribution in [2.24, 2.45) is 0 Å². The Morgan fingerprint density at radius 2 is 1.96 bits per heavy atom. The van der Waals surface area contributed by atoms with Gasteiger partial charge in [-0.1, -0.05) is 12.1 Å². The first-order valence-corrected chi connectivity index (χ1v) is 8.23. The number of fused-ring (bicyclic) bond motifs is 3. The van der Waals surface area contributed by atoms with Crippen molar-refractivity contribution >= 4 is 15.9 Å². The van der Waals surface area contributed by atoms with Gasteiger partial charge in [-0.2, -0.15) is 0 Å². The maximum absolute atomic E-state index is 12.9. The van der Waals surface area contributed by atoms with Crippen molar-refractivity contribution in [3.63, 3.8) is 0 Å². The zero-order chi connectivity index (χ0) is 15.8. The van der Waals surface area contributed by atoms with Gasteiger partial charge in [0.05, 0.1) is 11.9 Å². The zero-order valence-electron chi connectivity index (χ0n) is 12.3. The third-order valence-corrected chi connectivity index (χ3v) is 4.58. The van der Waals surface area contributed by atoms with Crippen molar-refractivity contribution in [2.45, 2.75) is 19.4 Å². The lowest BCUT2D eigenvalue weighted by atomic mass is 10.0. The molecule has 3 aromatic rings. The fraction of sp³-hybridized carbons (Fsp3) is 0.167. The van der Waals surface area contributed by atoms with Crippen LogP contribution in [-0.2, 0) is 19.4 Å². The van der Waals surface area contributed by atoms with E-state index in [1.807, 2.05) is 12.3 Å². The summed E-state index contributed by atoms with van der Waals surface area (Å²) in [5.74, 6) is 1.67. The average Bonchev–Trinajstić information content (AvgIpc) is 2.96. The van der Waals surface area contributed by atoms with Gasteiger partial charge in [0.25, 0.3) is 0 Å². The Morgan fingerprint density at radius 3 is 2.78 bits per heavy atom. The quantitative estimate of drug-likeness (QED) is 0.678. The van der Waals surface area contributed by atoms with Crippen LogP contribution in [0.5, 0.6) is 5.75 Å². The largest absolute Gasteiger partial charge is 0.489 e. The second-order valence-electron chi connectivity index (χ2n) is 5.54. The molecule has 2 heterocycles. The molecule has 0 unspecified atom stereocenters. The summed E-state index contributed by atoms with van der Waals surface area (Å²) in [5, 5.41) is 0. The number of imidazole rings is 1. The lowest BCUT2D eigenvalue weighted by molar-refractivity contribution is 0.305. The van der Waals surface area contributed by atoms with Crippen LogP contribution in [0.4, 0.5) is 4.39 Å². The number of aromatic nitrogens is 2. The Hall–Kier alpha value is -2.14. The number of halogens is 2. The highest BCUT2D eigenvalue weighted by atomic mass is 79.9. The molecule has 0 saturated carbocycles. The average molecular weight is 373 g/mol. The summed E-state index contributed by atoms with van der Waals surface area (Å²) < 4.78 is 21.8. The summed E-state index contributed by atoms with van der Waals surface area (Å²) in [6.07, 6.45) is 3.70. The van der Waals surface area contributed by atoms with Crippen molar-refractivity contribution < 1.29 is 9.13 Å². The molecular formula is C18H14BrFN2O. The number of nitrogens with zero attached hydrogens (tertiary/aromatic N) is 2. The molecule has 0 atom stereocenters. The number of aryl methyl sites for hydroxylation is 2. The molecule has 0 saturated heterocycles. The van der Waals surface area contributed by atoms with Gasteiger partial charge in [-0.05, 0) is 63.8 Å². The molecule has 1 aliphatic rings. The van der Waals surface area contributed by atoms with Gasteiger partial charge < -0.3 is 4.74 Å². The first-order valence-electron chi connectivity index (χ1n) is 7.43. The molecule has 4 rings (SSSR count). The summed E-state index contributed by atoms with van der Waals surface area (Å²) in [5.41, 5.74) is 3.33. The van der Waals surface area contributed by atoms with E-state index in [1.54, 1.807) is 12.1 Å². The van der Waals surface area contributed by atoms with E-state index >= 15 is 0 Å². The Balaban J connectivity index is 1.56. The molecule has 0 bridgehead atoms. The van der Waals surface area contributed by atoms with Crippen LogP contribution >= 0.6 is 15.9 Å². The molecule has 0 N–H and O–H groups in total. The number of hydrogen-bond donors (Lipinski definition) is 0. The maximum atomic E-state index is 12.9. The molecule has 3 nitrogen and oxygen atoms in total. The van der Waals surface area contributed by atoms with Crippen molar-refractivity contribution in [1.82, 2.24) is 9.55 Å². The Morgan fingerprint density at radius 1 is 1.13 bits per heavy atom. The molecule has 1 aromatic heterocycles. The molecule has 0 radical (unpaired) electrons. The molecular weight excluding hydrogens is 359 g/mol. The summed E-state index contributed by atoms with van der Waals surface area (Å²) in [6, 6.07) is 12.5. The van der Waals surface area contributed by atoms with Crippen molar-refractivity contribution in [2.75, 3.05) is 0 Å². The minimum Gasteiger partial charge on any atom is -0.489 e. The van der Waals surface area contributed by atoms with Crippen molar-refractivity contribution in [3.8, 4) is 11.4 Å². The van der Waals surface area contributed by atoms with E-state index in [0.717, 1.165) is 40.3 Å². The highest BCUT2D eigenvalue weighted by Crippen LogP contribution is 2.31. The zero-order valence-corrected chi connectivity index (χ0v) is 13.9. The van der Waals surface area contributed by atoms with E-state index in [-0.39, 0.29) is 5.82 Å². The molecule has 116 valence electrons. The lowest BCUT2D eigenvalue weighted by Crippen LogP contribution is -2.12. The Kier molecular flexibility index (Phi) is 3.65. The first kappa shape index (κ1) is 14.5. The predicted octanol–water partition coefficient (Wildman–Crippen LogP) is 4.45. The van der Waals surface area contributed by atoms with E-state index in [4.69, 9.17) is 4.74 Å². The normalized spacial score (nSPS) is 12.6. The molecule has 23 heavy (non-hydrogen) atoms. The lowest BCUT2D eigenvalue weighted by Gasteiger charge is -2.20. The van der Waals surface area contributed by atoms with Crippen LogP contribution in [-0.4, -0.2) is 9.55 Å². The van der Waals surface area contributed by atoms with Crippen LogP contribution in [0.2, 0.25) is 0 Å².